The molecule has 2 fully saturated rings. The van der Waals surface area contributed by atoms with Crippen LogP contribution in [0.5, 0.6) is 5.75 Å². The molecule has 2 aliphatic heterocycles. The van der Waals surface area contributed by atoms with Crippen LogP contribution in [0.1, 0.15) is 47.9 Å². The van der Waals surface area contributed by atoms with Gasteiger partial charge in [-0.05, 0) is 87.8 Å². The van der Waals surface area contributed by atoms with Crippen LogP contribution in [-0.2, 0) is 37.2 Å². The largest absolute Gasteiger partial charge is 0.497 e. The summed E-state index contributed by atoms with van der Waals surface area (Å²) in [6.07, 6.45) is -7.53. The molecule has 0 aromatic heterocycles. The molecule has 60 heavy (non-hydrogen) atoms. The normalized spacial score (nSPS) is 26.1. The molecule has 19 heteroatoms. The molecular formula is C41H64O18S. The van der Waals surface area contributed by atoms with E-state index in [0.717, 1.165) is 49.8 Å². The third-order valence-electron chi connectivity index (χ3n) is 9.33. The molecule has 0 radical (unpaired) electrons. The second-order valence-electron chi connectivity index (χ2n) is 14.0. The lowest BCUT2D eigenvalue weighted by Gasteiger charge is -2.39. The van der Waals surface area contributed by atoms with Crippen LogP contribution in [0.15, 0.2) is 77.7 Å². The summed E-state index contributed by atoms with van der Waals surface area (Å²) >= 11 is 0. The maximum atomic E-state index is 10.5. The molecule has 2 aliphatic rings. The van der Waals surface area contributed by atoms with Gasteiger partial charge in [-0.15, -0.1) is 0 Å². The summed E-state index contributed by atoms with van der Waals surface area (Å²) < 4.78 is 50.0. The number of benzene rings is 3. The van der Waals surface area contributed by atoms with Crippen LogP contribution in [0.3, 0.4) is 0 Å². The maximum Gasteiger partial charge on any atom is 0.294 e. The molecule has 10 atom stereocenters. The summed E-state index contributed by atoms with van der Waals surface area (Å²) in [6.45, 7) is 3.61. The van der Waals surface area contributed by atoms with Crippen molar-refractivity contribution in [2.45, 2.75) is 119 Å². The van der Waals surface area contributed by atoms with Crippen LogP contribution in [0.4, 0.5) is 0 Å². The molecule has 2 saturated heterocycles. The topological polar surface area (TPSA) is 325 Å². The highest BCUT2D eigenvalue weighted by Gasteiger charge is 2.44. The molecule has 2 heterocycles. The number of ether oxygens (including phenoxy) is 4. The zero-order chi connectivity index (χ0) is 44.1. The Morgan fingerprint density at radius 2 is 1.03 bits per heavy atom. The highest BCUT2D eigenvalue weighted by Crippen LogP contribution is 2.23. The number of hydrogen-bond acceptors (Lipinski definition) is 16. The van der Waals surface area contributed by atoms with E-state index >= 15 is 0 Å². The SMILES string of the molecule is COc1ccc(CCCCO[C@H]2O[C@H](CO)[C@@H](O)[C@H](O)[C@H]2O)cc1.Cc1ccc(CCCCO)cc1.Cc1ccc(S(=O)(=O)O)cc1.O.OC[C@H]1O[C@H](O)[C@H](O)[C@@H](O)[C@@H]1O. The predicted octanol–water partition coefficient (Wildman–Crippen LogP) is -0.660. The molecule has 342 valence electrons. The molecule has 3 aromatic rings. The van der Waals surface area contributed by atoms with Crippen molar-refractivity contribution in [1.29, 1.82) is 0 Å². The van der Waals surface area contributed by atoms with Crippen molar-refractivity contribution < 1.29 is 88.5 Å². The molecule has 3 aromatic carbocycles. The van der Waals surface area contributed by atoms with Gasteiger partial charge in [0.2, 0.25) is 0 Å². The average Bonchev–Trinajstić information content (AvgIpc) is 3.22. The van der Waals surface area contributed by atoms with Crippen LogP contribution in [0.25, 0.3) is 0 Å². The fraction of sp³-hybridized carbons (Fsp3) is 0.561. The lowest BCUT2D eigenvalue weighted by molar-refractivity contribution is -0.301. The first-order chi connectivity index (χ1) is 28.0. The lowest BCUT2D eigenvalue weighted by atomic mass is 9.99. The van der Waals surface area contributed by atoms with Gasteiger partial charge in [0.15, 0.2) is 12.6 Å². The van der Waals surface area contributed by atoms with Crippen molar-refractivity contribution in [3.63, 3.8) is 0 Å². The highest BCUT2D eigenvalue weighted by atomic mass is 32.2. The Hall–Kier alpha value is -3.19. The first-order valence-electron chi connectivity index (χ1n) is 19.2. The van der Waals surface area contributed by atoms with E-state index in [2.05, 4.69) is 35.9 Å². The molecule has 0 amide bonds. The summed E-state index contributed by atoms with van der Waals surface area (Å²) in [4.78, 5) is -0.0666. The van der Waals surface area contributed by atoms with Gasteiger partial charge < -0.3 is 75.5 Å². The van der Waals surface area contributed by atoms with Crippen LogP contribution in [-0.4, -0.2) is 164 Å². The molecule has 0 bridgehead atoms. The van der Waals surface area contributed by atoms with Crippen LogP contribution in [0.2, 0.25) is 0 Å². The van der Waals surface area contributed by atoms with E-state index in [1.165, 1.54) is 28.8 Å². The Kier molecular flexibility index (Phi) is 26.0. The molecule has 18 nitrogen and oxygen atoms in total. The van der Waals surface area contributed by atoms with Crippen molar-refractivity contribution in [2.75, 3.05) is 33.5 Å². The van der Waals surface area contributed by atoms with Gasteiger partial charge in [-0.3, -0.25) is 4.55 Å². The van der Waals surface area contributed by atoms with E-state index in [9.17, 15) is 23.7 Å². The van der Waals surface area contributed by atoms with E-state index in [-0.39, 0.29) is 10.4 Å². The Labute approximate surface area is 350 Å². The van der Waals surface area contributed by atoms with Gasteiger partial charge in [-0.2, -0.15) is 8.42 Å². The lowest BCUT2D eigenvalue weighted by Crippen LogP contribution is -2.59. The third-order valence-corrected chi connectivity index (χ3v) is 10.2. The standard InChI is InChI=1S/C17H26O7.C11H16O.C7H8O3S.C6H12O6.H2O/c1-22-12-7-5-11(6-8-12)4-2-3-9-23-17-16(21)15(20)14(19)13(10-18)24-17;1-10-5-7-11(8-6-10)4-2-3-9-12;1-6-2-4-7(5-3-6)11(8,9)10;7-1-2-3(8)4(9)5(10)6(11)12-2;/h5-8,13-21H,2-4,9-10H2,1H3;5-8,12H,2-4,9H2,1H3;2-5H,1H3,(H,8,9,10);2-11H,1H2;1H2/t13-,14-,15+,16-,17+;;;2-,3-,4+,5-,6+;/m1..1./s1. The summed E-state index contributed by atoms with van der Waals surface area (Å²) in [7, 11) is -2.39. The Morgan fingerprint density at radius 3 is 1.50 bits per heavy atom. The fourth-order valence-electron chi connectivity index (χ4n) is 5.62. The van der Waals surface area contributed by atoms with Crippen molar-refractivity contribution >= 4 is 10.1 Å². The number of aliphatic hydroxyl groups excluding tert-OH is 10. The molecule has 5 rings (SSSR count). The Morgan fingerprint density at radius 1 is 0.583 bits per heavy atom. The Balaban J connectivity index is 0.000000426. The number of aliphatic hydroxyl groups is 10. The first-order valence-corrected chi connectivity index (χ1v) is 20.7. The molecule has 0 aliphatic carbocycles. The summed E-state index contributed by atoms with van der Waals surface area (Å²) in [6, 6.07) is 22.4. The maximum absolute atomic E-state index is 10.5. The predicted molar refractivity (Wildman–Crippen MR) is 217 cm³/mol. The summed E-state index contributed by atoms with van der Waals surface area (Å²) in [5.41, 5.74) is 4.83. The summed E-state index contributed by atoms with van der Waals surface area (Å²) in [5, 5.41) is 91.6. The van der Waals surface area contributed by atoms with Gasteiger partial charge in [-0.1, -0.05) is 59.7 Å². The van der Waals surface area contributed by atoms with Crippen molar-refractivity contribution in [2.24, 2.45) is 0 Å². The highest BCUT2D eigenvalue weighted by molar-refractivity contribution is 7.85. The van der Waals surface area contributed by atoms with E-state index < -0.39 is 84.7 Å². The van der Waals surface area contributed by atoms with Crippen molar-refractivity contribution in [1.82, 2.24) is 0 Å². The monoisotopic (exact) mass is 876 g/mol. The van der Waals surface area contributed by atoms with Gasteiger partial charge in [-0.25, -0.2) is 0 Å². The van der Waals surface area contributed by atoms with Gasteiger partial charge in [0.25, 0.3) is 10.1 Å². The van der Waals surface area contributed by atoms with Gasteiger partial charge in [0, 0.05) is 13.2 Å². The minimum Gasteiger partial charge on any atom is -0.497 e. The quantitative estimate of drug-likeness (QED) is 0.0707. The number of unbranched alkanes of at least 4 members (excludes halogenated alkanes) is 2. The number of rotatable bonds is 14. The molecule has 0 unspecified atom stereocenters. The zero-order valence-electron chi connectivity index (χ0n) is 34.0. The van der Waals surface area contributed by atoms with Gasteiger partial charge in [0.1, 0.15) is 54.6 Å². The molecule has 13 N–H and O–H groups in total. The first kappa shape index (κ1) is 54.8. The van der Waals surface area contributed by atoms with Gasteiger partial charge in [0.05, 0.1) is 25.2 Å². The molecule has 0 saturated carbocycles. The molecular weight excluding hydrogens is 813 g/mol. The van der Waals surface area contributed by atoms with Crippen LogP contribution in [0, 0.1) is 13.8 Å². The van der Waals surface area contributed by atoms with Crippen LogP contribution >= 0.6 is 0 Å². The second-order valence-corrected chi connectivity index (χ2v) is 15.5. The number of aryl methyl sites for hydroxylation is 4. The Bertz CT molecular complexity index is 1660. The van der Waals surface area contributed by atoms with E-state index in [0.29, 0.717) is 13.2 Å². The van der Waals surface area contributed by atoms with Crippen molar-refractivity contribution in [3.05, 3.63) is 95.1 Å². The minimum absolute atomic E-state index is 0. The summed E-state index contributed by atoms with van der Waals surface area (Å²) in [5.74, 6) is 0.824. The minimum atomic E-state index is -4.02. The number of hydrogen-bond donors (Lipinski definition) is 11. The third kappa shape index (κ3) is 18.8. The van der Waals surface area contributed by atoms with Crippen molar-refractivity contribution in [3.8, 4) is 5.75 Å². The van der Waals surface area contributed by atoms with E-state index in [1.54, 1.807) is 19.2 Å². The fourth-order valence-corrected chi connectivity index (χ4v) is 6.10. The number of methoxy groups -OCH3 is 1. The zero-order valence-corrected chi connectivity index (χ0v) is 34.9. The molecule has 0 spiro atoms. The van der Waals surface area contributed by atoms with E-state index in [1.807, 2.05) is 31.2 Å². The average molecular weight is 877 g/mol. The van der Waals surface area contributed by atoms with E-state index in [4.69, 9.17) is 54.5 Å². The smallest absolute Gasteiger partial charge is 0.294 e. The van der Waals surface area contributed by atoms with Crippen LogP contribution < -0.4 is 4.74 Å². The van der Waals surface area contributed by atoms with Gasteiger partial charge >= 0.3 is 0 Å². The second kappa shape index (κ2) is 28.4.